The van der Waals surface area contributed by atoms with Gasteiger partial charge in [-0.25, -0.2) is 14.7 Å². The molecule has 0 radical (unpaired) electrons. The van der Waals surface area contributed by atoms with Crippen LogP contribution in [0.25, 0.3) is 5.69 Å². The van der Waals surface area contributed by atoms with Crippen LogP contribution in [-0.2, 0) is 13.0 Å². The van der Waals surface area contributed by atoms with Crippen molar-refractivity contribution in [3.8, 4) is 5.69 Å². The van der Waals surface area contributed by atoms with E-state index in [-0.39, 0.29) is 24.0 Å². The number of anilines is 1. The fourth-order valence-corrected chi connectivity index (χ4v) is 4.20. The van der Waals surface area contributed by atoms with Crippen LogP contribution in [0.4, 0.5) is 5.13 Å². The minimum atomic E-state index is 0. The molecular formula is C21H29IN8S. The molecule has 3 aromatic rings. The minimum absolute atomic E-state index is 0. The van der Waals surface area contributed by atoms with Crippen LogP contribution in [0, 0.1) is 0 Å². The number of nitrogens with one attached hydrogen (secondary N) is 1. The van der Waals surface area contributed by atoms with Crippen molar-refractivity contribution in [1.82, 2.24) is 29.4 Å². The Balaban J connectivity index is 0.00000272. The van der Waals surface area contributed by atoms with E-state index in [0.29, 0.717) is 6.54 Å². The molecule has 0 atom stereocenters. The van der Waals surface area contributed by atoms with Crippen molar-refractivity contribution in [2.45, 2.75) is 26.8 Å². The smallest absolute Gasteiger partial charge is 0.205 e. The second kappa shape index (κ2) is 11.4. The van der Waals surface area contributed by atoms with Crippen molar-refractivity contribution >= 4 is 46.6 Å². The third kappa shape index (κ3) is 5.94. The quantitative estimate of drug-likeness (QED) is 0.288. The maximum Gasteiger partial charge on any atom is 0.205 e. The second-order valence-corrected chi connectivity index (χ2v) is 7.84. The summed E-state index contributed by atoms with van der Waals surface area (Å²) in [5.41, 5.74) is 2.24. The molecule has 1 aromatic carbocycles. The third-order valence-corrected chi connectivity index (χ3v) is 5.89. The molecule has 0 saturated carbocycles. The van der Waals surface area contributed by atoms with Crippen molar-refractivity contribution < 1.29 is 0 Å². The van der Waals surface area contributed by atoms with Gasteiger partial charge < -0.3 is 15.1 Å². The van der Waals surface area contributed by atoms with Crippen LogP contribution >= 0.6 is 35.5 Å². The van der Waals surface area contributed by atoms with E-state index < -0.39 is 0 Å². The molecule has 8 nitrogen and oxygen atoms in total. The highest BCUT2D eigenvalue weighted by Crippen LogP contribution is 2.19. The highest BCUT2D eigenvalue weighted by molar-refractivity contribution is 14.0. The lowest BCUT2D eigenvalue weighted by Gasteiger charge is -2.36. The Labute approximate surface area is 204 Å². The zero-order valence-electron chi connectivity index (χ0n) is 17.9. The third-order valence-electron chi connectivity index (χ3n) is 5.07. The molecule has 3 heterocycles. The Morgan fingerprint density at radius 2 is 1.90 bits per heavy atom. The summed E-state index contributed by atoms with van der Waals surface area (Å²) < 4.78 is 6.27. The topological polar surface area (TPSA) is 74.5 Å². The Morgan fingerprint density at radius 1 is 1.13 bits per heavy atom. The number of piperazine rings is 1. The average molecular weight is 552 g/mol. The Kier molecular flexibility index (Phi) is 8.64. The van der Waals surface area contributed by atoms with E-state index in [1.165, 1.54) is 17.1 Å². The van der Waals surface area contributed by atoms with Crippen molar-refractivity contribution in [3.05, 3.63) is 54.1 Å². The van der Waals surface area contributed by atoms with Crippen LogP contribution in [0.1, 0.15) is 25.2 Å². The molecule has 0 bridgehead atoms. The summed E-state index contributed by atoms with van der Waals surface area (Å²) in [6, 6.07) is 10.3. The van der Waals surface area contributed by atoms with E-state index in [9.17, 15) is 0 Å². The first-order valence-corrected chi connectivity index (χ1v) is 11.2. The van der Waals surface area contributed by atoms with E-state index in [0.717, 1.165) is 61.7 Å². The van der Waals surface area contributed by atoms with Crippen molar-refractivity contribution in [1.29, 1.82) is 0 Å². The van der Waals surface area contributed by atoms with Crippen LogP contribution in [0.5, 0.6) is 0 Å². The molecule has 1 aliphatic heterocycles. The van der Waals surface area contributed by atoms with Crippen LogP contribution < -0.4 is 10.2 Å². The number of hydrogen-bond acceptors (Lipinski definition) is 6. The Morgan fingerprint density at radius 3 is 2.52 bits per heavy atom. The summed E-state index contributed by atoms with van der Waals surface area (Å²) in [6.07, 6.45) is 4.62. The molecule has 1 saturated heterocycles. The lowest BCUT2D eigenvalue weighted by Crippen LogP contribution is -2.52. The number of benzene rings is 1. The number of hydrogen-bond donors (Lipinski definition) is 1. The first kappa shape index (κ1) is 23.5. The van der Waals surface area contributed by atoms with Gasteiger partial charge in [0.1, 0.15) is 5.82 Å². The molecule has 2 aromatic heterocycles. The number of halogens is 1. The molecule has 1 aliphatic rings. The van der Waals surface area contributed by atoms with E-state index in [1.54, 1.807) is 6.20 Å². The monoisotopic (exact) mass is 552 g/mol. The Hall–Kier alpha value is -2.21. The summed E-state index contributed by atoms with van der Waals surface area (Å²) in [5.74, 6) is 1.91. The van der Waals surface area contributed by atoms with Gasteiger partial charge in [0.25, 0.3) is 0 Å². The van der Waals surface area contributed by atoms with Gasteiger partial charge in [-0.05, 0) is 30.7 Å². The number of aromatic nitrogens is 4. The van der Waals surface area contributed by atoms with Crippen LogP contribution in [0.2, 0.25) is 0 Å². The van der Waals surface area contributed by atoms with Gasteiger partial charge in [0.15, 0.2) is 5.96 Å². The number of aliphatic imine (C=N–C) groups is 1. The highest BCUT2D eigenvalue weighted by Gasteiger charge is 2.22. The van der Waals surface area contributed by atoms with Gasteiger partial charge in [-0.15, -0.1) is 24.0 Å². The summed E-state index contributed by atoms with van der Waals surface area (Å²) in [5, 5.41) is 8.75. The van der Waals surface area contributed by atoms with Crippen LogP contribution in [-0.4, -0.2) is 62.7 Å². The molecule has 31 heavy (non-hydrogen) atoms. The summed E-state index contributed by atoms with van der Waals surface area (Å²) >= 11 is 1.50. The molecule has 0 amide bonds. The molecule has 1 N–H and O–H groups in total. The van der Waals surface area contributed by atoms with Gasteiger partial charge in [0, 0.05) is 63.1 Å². The molecular weight excluding hydrogens is 523 g/mol. The predicted molar refractivity (Wildman–Crippen MR) is 137 cm³/mol. The SMILES string of the molecule is CCNC(=NCc1ccc(-n2cccn2)cc1)N1CCN(c2nc(CC)ns2)CC1.I. The molecule has 0 aliphatic carbocycles. The maximum absolute atomic E-state index is 4.88. The van der Waals surface area contributed by atoms with Crippen LogP contribution in [0.15, 0.2) is 47.7 Å². The molecule has 4 rings (SSSR count). The molecule has 10 heteroatoms. The van der Waals surface area contributed by atoms with E-state index in [2.05, 4.69) is 67.7 Å². The van der Waals surface area contributed by atoms with E-state index in [1.807, 2.05) is 16.9 Å². The molecule has 1 fully saturated rings. The second-order valence-electron chi connectivity index (χ2n) is 7.11. The van der Waals surface area contributed by atoms with Crippen LogP contribution in [0.3, 0.4) is 0 Å². The zero-order valence-corrected chi connectivity index (χ0v) is 21.1. The normalized spacial score (nSPS) is 14.5. The fraction of sp³-hybridized carbons (Fsp3) is 0.429. The Bertz CT molecular complexity index is 946. The lowest BCUT2D eigenvalue weighted by molar-refractivity contribution is 0.372. The van der Waals surface area contributed by atoms with Crippen molar-refractivity contribution in [2.75, 3.05) is 37.6 Å². The maximum atomic E-state index is 4.88. The number of aryl methyl sites for hydroxylation is 1. The average Bonchev–Trinajstić information content (AvgIpc) is 3.50. The lowest BCUT2D eigenvalue weighted by atomic mass is 10.2. The van der Waals surface area contributed by atoms with Gasteiger partial charge in [0.05, 0.1) is 12.2 Å². The van der Waals surface area contributed by atoms with E-state index in [4.69, 9.17) is 4.99 Å². The number of nitrogens with zero attached hydrogens (tertiary/aromatic N) is 7. The fourth-order valence-electron chi connectivity index (χ4n) is 3.39. The predicted octanol–water partition coefficient (Wildman–Crippen LogP) is 3.19. The first-order chi connectivity index (χ1) is 14.8. The van der Waals surface area contributed by atoms with Crippen molar-refractivity contribution in [3.63, 3.8) is 0 Å². The van der Waals surface area contributed by atoms with Gasteiger partial charge >= 0.3 is 0 Å². The zero-order chi connectivity index (χ0) is 20.8. The summed E-state index contributed by atoms with van der Waals surface area (Å²) in [6.45, 7) is 9.41. The summed E-state index contributed by atoms with van der Waals surface area (Å²) in [4.78, 5) is 14.2. The van der Waals surface area contributed by atoms with E-state index >= 15 is 0 Å². The largest absolute Gasteiger partial charge is 0.357 e. The molecule has 0 spiro atoms. The molecule has 166 valence electrons. The van der Waals surface area contributed by atoms with Gasteiger partial charge in [-0.2, -0.15) is 9.47 Å². The first-order valence-electron chi connectivity index (χ1n) is 10.5. The highest BCUT2D eigenvalue weighted by atomic mass is 127. The minimum Gasteiger partial charge on any atom is -0.357 e. The van der Waals surface area contributed by atoms with Crippen molar-refractivity contribution in [2.24, 2.45) is 4.99 Å². The standard InChI is InChI=1S/C21H28N8S.HI/c1-3-19-25-21(30-26-19)28-14-12-27(13-15-28)20(22-4-2)23-16-17-6-8-18(9-7-17)29-11-5-10-24-29;/h5-11H,3-4,12-16H2,1-2H3,(H,22,23);1H. The summed E-state index contributed by atoms with van der Waals surface area (Å²) in [7, 11) is 0. The van der Waals surface area contributed by atoms with Gasteiger partial charge in [-0.1, -0.05) is 19.1 Å². The molecule has 0 unspecified atom stereocenters. The van der Waals surface area contributed by atoms with Gasteiger partial charge in [-0.3, -0.25) is 0 Å². The van der Waals surface area contributed by atoms with Gasteiger partial charge in [0.2, 0.25) is 5.13 Å². The number of rotatable bonds is 6. The number of guanidine groups is 1.